The third-order valence-corrected chi connectivity index (χ3v) is 4.49. The number of carbonyl (C=O) groups is 1. The number of ether oxygens (including phenoxy) is 1. The number of aromatic nitrogens is 1. The largest absolute Gasteiger partial charge is 0.379 e. The number of benzene rings is 1. The molecule has 3 rings (SSSR count). The van der Waals surface area contributed by atoms with Gasteiger partial charge in [-0.2, -0.15) is 0 Å². The minimum absolute atomic E-state index is 0.0623. The molecule has 22 heavy (non-hydrogen) atoms. The van der Waals surface area contributed by atoms with Gasteiger partial charge in [0.15, 0.2) is 5.13 Å². The molecule has 2 N–H and O–H groups in total. The van der Waals surface area contributed by atoms with Crippen LogP contribution in [0.2, 0.25) is 0 Å². The standard InChI is InChI=1S/C15H20N4O2S/c1-11(20)17-12-2-3-13-14(10-12)22-15(18-13)16-4-5-19-6-8-21-9-7-19/h2-3,10H,4-9H2,1H3,(H,16,18)(H,17,20). The molecule has 2 aromatic rings. The number of thiazole rings is 1. The molecule has 118 valence electrons. The Hall–Kier alpha value is -1.70. The number of nitrogens with one attached hydrogen (secondary N) is 2. The Kier molecular flexibility index (Phi) is 4.87. The third-order valence-electron chi connectivity index (χ3n) is 3.52. The van der Waals surface area contributed by atoms with Crippen molar-refractivity contribution in [2.24, 2.45) is 0 Å². The first-order chi connectivity index (χ1) is 10.7. The van der Waals surface area contributed by atoms with Gasteiger partial charge in [0, 0.05) is 38.8 Å². The van der Waals surface area contributed by atoms with E-state index in [4.69, 9.17) is 4.74 Å². The average molecular weight is 320 g/mol. The van der Waals surface area contributed by atoms with Gasteiger partial charge in [-0.25, -0.2) is 4.98 Å². The van der Waals surface area contributed by atoms with Crippen molar-refractivity contribution in [1.29, 1.82) is 0 Å². The Morgan fingerprint density at radius 2 is 2.23 bits per heavy atom. The van der Waals surface area contributed by atoms with Crippen molar-refractivity contribution < 1.29 is 9.53 Å². The zero-order chi connectivity index (χ0) is 15.4. The van der Waals surface area contributed by atoms with Crippen molar-refractivity contribution in [2.45, 2.75) is 6.92 Å². The van der Waals surface area contributed by atoms with E-state index in [0.717, 1.165) is 60.4 Å². The lowest BCUT2D eigenvalue weighted by Gasteiger charge is -2.26. The van der Waals surface area contributed by atoms with Crippen molar-refractivity contribution in [1.82, 2.24) is 9.88 Å². The Labute approximate surface area is 133 Å². The van der Waals surface area contributed by atoms with Gasteiger partial charge in [0.2, 0.25) is 5.91 Å². The summed E-state index contributed by atoms with van der Waals surface area (Å²) >= 11 is 1.61. The molecular formula is C15H20N4O2S. The van der Waals surface area contributed by atoms with Crippen molar-refractivity contribution in [3.8, 4) is 0 Å². The van der Waals surface area contributed by atoms with Crippen LogP contribution in [0.15, 0.2) is 18.2 Å². The number of fused-ring (bicyclic) bond motifs is 1. The summed E-state index contributed by atoms with van der Waals surface area (Å²) in [5, 5.41) is 7.09. The van der Waals surface area contributed by atoms with Gasteiger partial charge < -0.3 is 15.4 Å². The van der Waals surface area contributed by atoms with E-state index in [-0.39, 0.29) is 5.91 Å². The second kappa shape index (κ2) is 7.04. The first kappa shape index (κ1) is 15.2. The number of anilines is 2. The maximum atomic E-state index is 11.1. The number of hydrogen-bond acceptors (Lipinski definition) is 6. The maximum Gasteiger partial charge on any atom is 0.221 e. The molecule has 1 aliphatic heterocycles. The lowest BCUT2D eigenvalue weighted by Crippen LogP contribution is -2.38. The summed E-state index contributed by atoms with van der Waals surface area (Å²) < 4.78 is 6.41. The lowest BCUT2D eigenvalue weighted by molar-refractivity contribution is -0.114. The van der Waals surface area contributed by atoms with Gasteiger partial charge in [0.1, 0.15) is 0 Å². The van der Waals surface area contributed by atoms with E-state index in [2.05, 4.69) is 20.5 Å². The summed E-state index contributed by atoms with van der Waals surface area (Å²) in [5.74, 6) is -0.0623. The topological polar surface area (TPSA) is 66.5 Å². The van der Waals surface area contributed by atoms with Gasteiger partial charge in [-0.15, -0.1) is 0 Å². The molecule has 1 fully saturated rings. The fourth-order valence-electron chi connectivity index (χ4n) is 2.43. The minimum atomic E-state index is -0.0623. The molecule has 0 saturated carbocycles. The van der Waals surface area contributed by atoms with Crippen LogP contribution in [0.5, 0.6) is 0 Å². The van der Waals surface area contributed by atoms with E-state index in [1.165, 1.54) is 6.92 Å². The van der Waals surface area contributed by atoms with E-state index in [1.807, 2.05) is 18.2 Å². The van der Waals surface area contributed by atoms with Gasteiger partial charge in [0.05, 0.1) is 23.4 Å². The van der Waals surface area contributed by atoms with E-state index in [1.54, 1.807) is 11.3 Å². The number of amides is 1. The Morgan fingerprint density at radius 3 is 3.00 bits per heavy atom. The monoisotopic (exact) mass is 320 g/mol. The summed E-state index contributed by atoms with van der Waals surface area (Å²) in [6, 6.07) is 5.77. The summed E-state index contributed by atoms with van der Waals surface area (Å²) in [7, 11) is 0. The Bertz CT molecular complexity index is 652. The van der Waals surface area contributed by atoms with Crippen LogP contribution in [0.4, 0.5) is 10.8 Å². The fraction of sp³-hybridized carbons (Fsp3) is 0.467. The van der Waals surface area contributed by atoms with Gasteiger partial charge in [-0.3, -0.25) is 9.69 Å². The molecule has 2 heterocycles. The van der Waals surface area contributed by atoms with Gasteiger partial charge >= 0.3 is 0 Å². The molecule has 1 aromatic heterocycles. The number of hydrogen-bond donors (Lipinski definition) is 2. The highest BCUT2D eigenvalue weighted by atomic mass is 32.1. The first-order valence-electron chi connectivity index (χ1n) is 7.43. The van der Waals surface area contributed by atoms with Gasteiger partial charge in [-0.05, 0) is 18.2 Å². The van der Waals surface area contributed by atoms with Gasteiger partial charge in [-0.1, -0.05) is 11.3 Å². The molecule has 0 unspecified atom stereocenters. The summed E-state index contributed by atoms with van der Waals surface area (Å²) in [5.41, 5.74) is 1.76. The first-order valence-corrected chi connectivity index (χ1v) is 8.24. The molecule has 1 amide bonds. The molecule has 0 aliphatic carbocycles. The molecule has 1 aromatic carbocycles. The fourth-order valence-corrected chi connectivity index (χ4v) is 3.36. The predicted molar refractivity (Wildman–Crippen MR) is 89.7 cm³/mol. The molecular weight excluding hydrogens is 300 g/mol. The van der Waals surface area contributed by atoms with Crippen molar-refractivity contribution in [3.63, 3.8) is 0 Å². The minimum Gasteiger partial charge on any atom is -0.379 e. The Morgan fingerprint density at radius 1 is 1.41 bits per heavy atom. The van der Waals surface area contributed by atoms with E-state index >= 15 is 0 Å². The van der Waals surface area contributed by atoms with Crippen molar-refractivity contribution in [2.75, 3.05) is 50.0 Å². The quantitative estimate of drug-likeness (QED) is 0.882. The highest BCUT2D eigenvalue weighted by molar-refractivity contribution is 7.22. The molecule has 0 atom stereocenters. The van der Waals surface area contributed by atoms with Crippen LogP contribution in [0.3, 0.4) is 0 Å². The lowest BCUT2D eigenvalue weighted by atomic mass is 10.3. The number of carbonyl (C=O) groups excluding carboxylic acids is 1. The van der Waals surface area contributed by atoms with Crippen LogP contribution < -0.4 is 10.6 Å². The number of nitrogens with zero attached hydrogens (tertiary/aromatic N) is 2. The van der Waals surface area contributed by atoms with Crippen LogP contribution in [0, 0.1) is 0 Å². The molecule has 7 heteroatoms. The summed E-state index contributed by atoms with van der Waals surface area (Å²) in [4.78, 5) is 18.1. The highest BCUT2D eigenvalue weighted by Gasteiger charge is 2.10. The molecule has 6 nitrogen and oxygen atoms in total. The van der Waals surface area contributed by atoms with E-state index in [0.29, 0.717) is 0 Å². The van der Waals surface area contributed by atoms with Crippen LogP contribution in [-0.4, -0.2) is 55.2 Å². The molecule has 1 saturated heterocycles. The van der Waals surface area contributed by atoms with Crippen molar-refractivity contribution in [3.05, 3.63) is 18.2 Å². The van der Waals surface area contributed by atoms with E-state index in [9.17, 15) is 4.79 Å². The molecule has 0 radical (unpaired) electrons. The average Bonchev–Trinajstić information content (AvgIpc) is 2.89. The highest BCUT2D eigenvalue weighted by Crippen LogP contribution is 2.28. The van der Waals surface area contributed by atoms with Gasteiger partial charge in [0.25, 0.3) is 0 Å². The molecule has 0 bridgehead atoms. The summed E-state index contributed by atoms with van der Waals surface area (Å²) in [6.07, 6.45) is 0. The van der Waals surface area contributed by atoms with Crippen LogP contribution >= 0.6 is 11.3 Å². The number of morpholine rings is 1. The molecule has 0 spiro atoms. The predicted octanol–water partition coefficient (Wildman–Crippen LogP) is 2.00. The third kappa shape index (κ3) is 3.94. The Balaban J connectivity index is 1.58. The van der Waals surface area contributed by atoms with Crippen LogP contribution in [0.1, 0.15) is 6.92 Å². The normalized spacial score (nSPS) is 15.9. The van der Waals surface area contributed by atoms with Crippen LogP contribution in [-0.2, 0) is 9.53 Å². The SMILES string of the molecule is CC(=O)Nc1ccc2nc(NCCN3CCOCC3)sc2c1. The second-order valence-electron chi connectivity index (χ2n) is 5.26. The zero-order valence-electron chi connectivity index (χ0n) is 12.6. The molecule has 1 aliphatic rings. The smallest absolute Gasteiger partial charge is 0.221 e. The number of rotatable bonds is 5. The zero-order valence-corrected chi connectivity index (χ0v) is 13.4. The summed E-state index contributed by atoms with van der Waals surface area (Å²) in [6.45, 7) is 7.04. The second-order valence-corrected chi connectivity index (χ2v) is 6.29. The maximum absolute atomic E-state index is 11.1. The van der Waals surface area contributed by atoms with Crippen LogP contribution in [0.25, 0.3) is 10.2 Å². The van der Waals surface area contributed by atoms with Crippen molar-refractivity contribution >= 4 is 38.3 Å². The van der Waals surface area contributed by atoms with E-state index < -0.39 is 0 Å².